The number of anilines is 2. The zero-order valence-electron chi connectivity index (χ0n) is 16.3. The zero-order chi connectivity index (χ0) is 19.9. The monoisotopic (exact) mass is 387 g/mol. The predicted molar refractivity (Wildman–Crippen MR) is 107 cm³/mol. The minimum atomic E-state index is -0.153. The molecule has 1 heterocycles. The topological polar surface area (TPSA) is 96.5 Å². The Morgan fingerprint density at radius 1 is 0.964 bits per heavy atom. The summed E-state index contributed by atoms with van der Waals surface area (Å²) in [4.78, 5) is 36.1. The van der Waals surface area contributed by atoms with Gasteiger partial charge in [-0.2, -0.15) is 0 Å². The highest BCUT2D eigenvalue weighted by atomic mass is 16.5. The number of carbonyl (C=O) groups excluding carboxylic acids is 3. The molecule has 0 aromatic heterocycles. The second-order valence-corrected chi connectivity index (χ2v) is 7.68. The van der Waals surface area contributed by atoms with Crippen molar-refractivity contribution >= 4 is 29.1 Å². The summed E-state index contributed by atoms with van der Waals surface area (Å²) in [6, 6.07) is 7.10. The average Bonchev–Trinajstić information content (AvgIpc) is 3.19. The van der Waals surface area contributed by atoms with Crippen LogP contribution in [0.25, 0.3) is 0 Å². The molecule has 152 valence electrons. The van der Waals surface area contributed by atoms with Crippen LogP contribution in [-0.4, -0.2) is 37.0 Å². The van der Waals surface area contributed by atoms with Crippen molar-refractivity contribution in [1.82, 2.24) is 5.32 Å². The van der Waals surface area contributed by atoms with Gasteiger partial charge in [0.25, 0.3) is 0 Å². The molecule has 0 spiro atoms. The summed E-state index contributed by atoms with van der Waals surface area (Å²) in [5.41, 5.74) is 1.31. The molecule has 1 aromatic rings. The van der Waals surface area contributed by atoms with Gasteiger partial charge in [0.05, 0.1) is 6.10 Å². The van der Waals surface area contributed by atoms with Gasteiger partial charge in [0.15, 0.2) is 0 Å². The summed E-state index contributed by atoms with van der Waals surface area (Å²) in [7, 11) is 0. The Morgan fingerprint density at radius 3 is 2.21 bits per heavy atom. The van der Waals surface area contributed by atoms with E-state index in [1.54, 1.807) is 24.3 Å². The van der Waals surface area contributed by atoms with Crippen molar-refractivity contribution in [2.24, 2.45) is 11.8 Å². The lowest BCUT2D eigenvalue weighted by atomic mass is 9.81. The minimum absolute atomic E-state index is 0.0199. The van der Waals surface area contributed by atoms with Crippen LogP contribution in [0.5, 0.6) is 0 Å². The van der Waals surface area contributed by atoms with Crippen LogP contribution >= 0.6 is 0 Å². The summed E-state index contributed by atoms with van der Waals surface area (Å²) < 4.78 is 5.53. The quantitative estimate of drug-likeness (QED) is 0.699. The first-order valence-electron chi connectivity index (χ1n) is 10.1. The molecule has 2 fully saturated rings. The Kier molecular flexibility index (Phi) is 7.03. The Balaban J connectivity index is 1.43. The molecule has 1 aromatic carbocycles. The molecule has 28 heavy (non-hydrogen) atoms. The van der Waals surface area contributed by atoms with Crippen molar-refractivity contribution in [3.05, 3.63) is 24.3 Å². The number of nitrogens with one attached hydrogen (secondary N) is 3. The van der Waals surface area contributed by atoms with Crippen molar-refractivity contribution in [1.29, 1.82) is 0 Å². The van der Waals surface area contributed by atoms with E-state index in [1.807, 2.05) is 0 Å². The highest BCUT2D eigenvalue weighted by Gasteiger charge is 2.30. The van der Waals surface area contributed by atoms with Crippen LogP contribution in [0.3, 0.4) is 0 Å². The van der Waals surface area contributed by atoms with E-state index in [-0.39, 0.29) is 35.7 Å². The summed E-state index contributed by atoms with van der Waals surface area (Å²) >= 11 is 0. The summed E-state index contributed by atoms with van der Waals surface area (Å²) in [6.45, 7) is 2.82. The molecule has 1 aliphatic carbocycles. The van der Waals surface area contributed by atoms with Crippen LogP contribution in [0.1, 0.15) is 45.4 Å². The van der Waals surface area contributed by atoms with Crippen molar-refractivity contribution in [2.45, 2.75) is 51.6 Å². The van der Waals surface area contributed by atoms with E-state index in [0.717, 1.165) is 32.3 Å². The van der Waals surface area contributed by atoms with E-state index < -0.39 is 0 Å². The molecule has 0 bridgehead atoms. The normalized spacial score (nSPS) is 24.4. The number of ether oxygens (including phenoxy) is 1. The van der Waals surface area contributed by atoms with Gasteiger partial charge in [0.1, 0.15) is 0 Å². The molecule has 1 unspecified atom stereocenters. The minimum Gasteiger partial charge on any atom is -0.376 e. The first-order chi connectivity index (χ1) is 13.5. The molecule has 1 aliphatic heterocycles. The standard InChI is InChI=1S/C21H29N3O4/c1-14(25)23-17-4-2-5-18(12-17)24-21(27)16-9-7-15(8-10-16)20(26)22-13-19-6-3-11-28-19/h2,4-5,12,15-16,19H,3,6-11,13H2,1H3,(H,22,26)(H,23,25)(H,24,27). The van der Waals surface area contributed by atoms with Crippen LogP contribution in [0.15, 0.2) is 24.3 Å². The molecule has 3 rings (SSSR count). The number of amides is 3. The maximum Gasteiger partial charge on any atom is 0.227 e. The number of carbonyl (C=O) groups is 3. The fraction of sp³-hybridized carbons (Fsp3) is 0.571. The Labute approximate surface area is 165 Å². The molecule has 1 saturated carbocycles. The lowest BCUT2D eigenvalue weighted by Crippen LogP contribution is -2.38. The molecule has 7 heteroatoms. The van der Waals surface area contributed by atoms with Crippen LogP contribution in [0.2, 0.25) is 0 Å². The Morgan fingerprint density at radius 2 is 1.61 bits per heavy atom. The smallest absolute Gasteiger partial charge is 0.227 e. The van der Waals surface area contributed by atoms with Crippen molar-refractivity contribution in [3.63, 3.8) is 0 Å². The van der Waals surface area contributed by atoms with E-state index >= 15 is 0 Å². The van der Waals surface area contributed by atoms with Gasteiger partial charge in [-0.25, -0.2) is 0 Å². The molecule has 7 nitrogen and oxygen atoms in total. The van der Waals surface area contributed by atoms with Gasteiger partial charge < -0.3 is 20.7 Å². The fourth-order valence-corrected chi connectivity index (χ4v) is 3.90. The maximum atomic E-state index is 12.6. The molecule has 3 amide bonds. The Hall–Kier alpha value is -2.41. The van der Waals surface area contributed by atoms with Crippen LogP contribution < -0.4 is 16.0 Å². The first-order valence-corrected chi connectivity index (χ1v) is 10.1. The van der Waals surface area contributed by atoms with Crippen LogP contribution in [0.4, 0.5) is 11.4 Å². The largest absolute Gasteiger partial charge is 0.376 e. The van der Waals surface area contributed by atoms with Gasteiger partial charge in [-0.15, -0.1) is 0 Å². The third kappa shape index (κ3) is 5.79. The highest BCUT2D eigenvalue weighted by Crippen LogP contribution is 2.30. The lowest BCUT2D eigenvalue weighted by molar-refractivity contribution is -0.128. The zero-order valence-corrected chi connectivity index (χ0v) is 16.3. The number of benzene rings is 1. The van der Waals surface area contributed by atoms with Gasteiger partial charge in [-0.05, 0) is 56.7 Å². The van der Waals surface area contributed by atoms with Crippen molar-refractivity contribution in [3.8, 4) is 0 Å². The molecular formula is C21H29N3O4. The average molecular weight is 387 g/mol. The molecule has 1 saturated heterocycles. The maximum absolute atomic E-state index is 12.6. The molecule has 3 N–H and O–H groups in total. The SMILES string of the molecule is CC(=O)Nc1cccc(NC(=O)C2CCC(C(=O)NCC3CCCO3)CC2)c1. The van der Waals surface area contributed by atoms with E-state index in [1.165, 1.54) is 6.92 Å². The first kappa shape index (κ1) is 20.3. The van der Waals surface area contributed by atoms with E-state index in [0.29, 0.717) is 30.8 Å². The second-order valence-electron chi connectivity index (χ2n) is 7.68. The third-order valence-electron chi connectivity index (χ3n) is 5.45. The summed E-state index contributed by atoms with van der Waals surface area (Å²) in [6.07, 6.45) is 5.08. The molecule has 0 radical (unpaired) electrons. The Bertz CT molecular complexity index is 707. The highest BCUT2D eigenvalue weighted by molar-refractivity contribution is 5.94. The van der Waals surface area contributed by atoms with Crippen molar-refractivity contribution < 1.29 is 19.1 Å². The molecule has 1 atom stereocenters. The van der Waals surface area contributed by atoms with Gasteiger partial charge in [-0.1, -0.05) is 6.07 Å². The van der Waals surface area contributed by atoms with Crippen LogP contribution in [0, 0.1) is 11.8 Å². The van der Waals surface area contributed by atoms with Gasteiger partial charge in [0.2, 0.25) is 17.7 Å². The summed E-state index contributed by atoms with van der Waals surface area (Å²) in [5, 5.41) is 8.63. The summed E-state index contributed by atoms with van der Waals surface area (Å²) in [5.74, 6) is -0.213. The number of hydrogen-bond donors (Lipinski definition) is 3. The predicted octanol–water partition coefficient (Wildman–Crippen LogP) is 2.69. The van der Waals surface area contributed by atoms with E-state index in [4.69, 9.17) is 4.74 Å². The van der Waals surface area contributed by atoms with Gasteiger partial charge in [0, 0.05) is 43.3 Å². The lowest BCUT2D eigenvalue weighted by Gasteiger charge is -2.27. The van der Waals surface area contributed by atoms with Gasteiger partial charge in [-0.3, -0.25) is 14.4 Å². The fourth-order valence-electron chi connectivity index (χ4n) is 3.90. The third-order valence-corrected chi connectivity index (χ3v) is 5.45. The van der Waals surface area contributed by atoms with E-state index in [9.17, 15) is 14.4 Å². The molecule has 2 aliphatic rings. The molecular weight excluding hydrogens is 358 g/mol. The second kappa shape index (κ2) is 9.68. The number of hydrogen-bond acceptors (Lipinski definition) is 4. The van der Waals surface area contributed by atoms with Crippen molar-refractivity contribution in [2.75, 3.05) is 23.8 Å². The van der Waals surface area contributed by atoms with Gasteiger partial charge >= 0.3 is 0 Å². The van der Waals surface area contributed by atoms with Crippen LogP contribution in [-0.2, 0) is 19.1 Å². The van der Waals surface area contributed by atoms with E-state index in [2.05, 4.69) is 16.0 Å². The number of rotatable bonds is 6.